The number of phosphoric ester groups is 1. The summed E-state index contributed by atoms with van der Waals surface area (Å²) in [7, 11) is -4.40. The van der Waals surface area contributed by atoms with Gasteiger partial charge in [0, 0.05) is 45.1 Å². The smallest absolute Gasteiger partial charge is 0.466 e. The molecule has 0 radical (unpaired) electrons. The van der Waals surface area contributed by atoms with Crippen molar-refractivity contribution < 1.29 is 46.4 Å². The van der Waals surface area contributed by atoms with Crippen LogP contribution in [0.3, 0.4) is 0 Å². The Morgan fingerprint density at radius 2 is 1.16 bits per heavy atom. The first-order valence-corrected chi connectivity index (χ1v) is 24.3. The van der Waals surface area contributed by atoms with E-state index in [0.29, 0.717) is 12.8 Å². The molecule has 2 aromatic rings. The Labute approximate surface area is 350 Å². The third-order valence-corrected chi connectivity index (χ3v) is 11.8. The van der Waals surface area contributed by atoms with Gasteiger partial charge in [-0.15, -0.1) is 0 Å². The number of aryl methyl sites for hydroxylation is 5. The third-order valence-electron chi connectivity index (χ3n) is 10.8. The average molecular weight is 838 g/mol. The SMILES string of the molecule is CCCCCc1cc(C)c(CCCCCCCCCCCCC(=O)O[C@H](COC(=O)CCCCCCCCc2oc(CCC)c(C)c2C)COP(=O)(O)OCCN)o1. The number of hydrogen-bond donors (Lipinski definition) is 2. The van der Waals surface area contributed by atoms with Crippen LogP contribution in [0.1, 0.15) is 195 Å². The fraction of sp³-hybridized carbons (Fsp3) is 0.783. The Balaban J connectivity index is 1.57. The number of rotatable bonds is 37. The van der Waals surface area contributed by atoms with Gasteiger partial charge in [-0.1, -0.05) is 104 Å². The molecule has 3 N–H and O–H groups in total. The van der Waals surface area contributed by atoms with Crippen LogP contribution in [0, 0.1) is 20.8 Å². The summed E-state index contributed by atoms with van der Waals surface area (Å²) in [6, 6.07) is 2.22. The number of hydrogen-bond acceptors (Lipinski definition) is 10. The molecule has 11 nitrogen and oxygen atoms in total. The van der Waals surface area contributed by atoms with Crippen LogP contribution in [0.25, 0.3) is 0 Å². The highest BCUT2D eigenvalue weighted by Gasteiger charge is 2.26. The molecule has 0 amide bonds. The van der Waals surface area contributed by atoms with Crippen LogP contribution < -0.4 is 5.73 Å². The molecule has 2 rings (SSSR count). The summed E-state index contributed by atoms with van der Waals surface area (Å²) in [5.41, 5.74) is 9.23. The molecule has 334 valence electrons. The Bertz CT molecular complexity index is 1440. The number of carbonyl (C=O) groups is 2. The Kier molecular flexibility index (Phi) is 28.0. The van der Waals surface area contributed by atoms with Crippen molar-refractivity contribution in [2.75, 3.05) is 26.4 Å². The predicted molar refractivity (Wildman–Crippen MR) is 231 cm³/mol. The maximum atomic E-state index is 12.7. The first-order valence-electron chi connectivity index (χ1n) is 22.8. The van der Waals surface area contributed by atoms with E-state index in [1.807, 2.05) is 0 Å². The molecule has 0 aliphatic heterocycles. The molecule has 58 heavy (non-hydrogen) atoms. The number of nitrogens with two attached hydrogens (primary N) is 1. The summed E-state index contributed by atoms with van der Waals surface area (Å²) in [4.78, 5) is 35.1. The molecule has 1 unspecified atom stereocenters. The van der Waals surface area contributed by atoms with Gasteiger partial charge in [-0.2, -0.15) is 0 Å². The summed E-state index contributed by atoms with van der Waals surface area (Å²) in [6.45, 7) is 10.0. The molecule has 0 fully saturated rings. The lowest BCUT2D eigenvalue weighted by molar-refractivity contribution is -0.161. The molecule has 2 heterocycles. The average Bonchev–Trinajstić information content (AvgIpc) is 3.69. The van der Waals surface area contributed by atoms with Gasteiger partial charge in [-0.25, -0.2) is 4.57 Å². The molecule has 0 saturated carbocycles. The number of carbonyl (C=O) groups excluding carboxylic acids is 2. The van der Waals surface area contributed by atoms with Gasteiger partial charge < -0.3 is 28.9 Å². The van der Waals surface area contributed by atoms with Crippen LogP contribution in [0.4, 0.5) is 0 Å². The van der Waals surface area contributed by atoms with Crippen LogP contribution in [-0.2, 0) is 58.4 Å². The second kappa shape index (κ2) is 31.4. The number of ether oxygens (including phenoxy) is 2. The zero-order chi connectivity index (χ0) is 42.4. The van der Waals surface area contributed by atoms with Crippen LogP contribution >= 0.6 is 7.82 Å². The molecule has 0 aliphatic carbocycles. The van der Waals surface area contributed by atoms with Crippen molar-refractivity contribution >= 4 is 19.8 Å². The van der Waals surface area contributed by atoms with Gasteiger partial charge in [0.1, 0.15) is 29.6 Å². The van der Waals surface area contributed by atoms with E-state index < -0.39 is 32.5 Å². The van der Waals surface area contributed by atoms with E-state index in [-0.39, 0.29) is 32.6 Å². The number of unbranched alkanes of at least 4 members (excludes halogenated alkanes) is 16. The van der Waals surface area contributed by atoms with E-state index in [1.165, 1.54) is 74.5 Å². The fourth-order valence-electron chi connectivity index (χ4n) is 7.17. The molecule has 0 aromatic carbocycles. The zero-order valence-electron chi connectivity index (χ0n) is 37.0. The minimum atomic E-state index is -4.40. The minimum Gasteiger partial charge on any atom is -0.466 e. The quantitative estimate of drug-likeness (QED) is 0.0378. The standard InChI is InChI=1S/C46H80NO10P/c1-6-8-21-27-40-34-37(3)42(55-40)28-22-17-13-11-9-10-12-14-20-25-31-46(49)56-41(36-54-58(50,51)53-33-32-47)35-52-45(48)30-24-19-16-15-18-23-29-44-39(5)38(4)43(57-44)26-7-2/h34,41H,6-33,35-36,47H2,1-5H3,(H,50,51)/t41-/m1/s1. The van der Waals surface area contributed by atoms with Crippen molar-refractivity contribution in [1.82, 2.24) is 0 Å². The van der Waals surface area contributed by atoms with Crippen molar-refractivity contribution in [3.05, 3.63) is 45.8 Å². The topological polar surface area (TPSA) is 161 Å². The van der Waals surface area contributed by atoms with Gasteiger partial charge >= 0.3 is 19.8 Å². The fourth-order valence-corrected chi connectivity index (χ4v) is 7.93. The summed E-state index contributed by atoms with van der Waals surface area (Å²) >= 11 is 0. The lowest BCUT2D eigenvalue weighted by Crippen LogP contribution is -2.29. The normalized spacial score (nSPS) is 13.2. The van der Waals surface area contributed by atoms with Crippen molar-refractivity contribution in [3.63, 3.8) is 0 Å². The van der Waals surface area contributed by atoms with Crippen LogP contribution in [0.15, 0.2) is 14.9 Å². The summed E-state index contributed by atoms with van der Waals surface area (Å²) in [6.07, 6.45) is 25.2. The lowest BCUT2D eigenvalue weighted by atomic mass is 10.0. The van der Waals surface area contributed by atoms with Crippen molar-refractivity contribution in [3.8, 4) is 0 Å². The van der Waals surface area contributed by atoms with Crippen LogP contribution in [0.2, 0.25) is 0 Å². The summed E-state index contributed by atoms with van der Waals surface area (Å²) in [5.74, 6) is 3.67. The number of phosphoric acid groups is 1. The van der Waals surface area contributed by atoms with Gasteiger partial charge in [-0.05, 0) is 82.1 Å². The van der Waals surface area contributed by atoms with Gasteiger partial charge in [0.25, 0.3) is 0 Å². The van der Waals surface area contributed by atoms with Crippen molar-refractivity contribution in [2.45, 2.75) is 208 Å². The van der Waals surface area contributed by atoms with Crippen LogP contribution in [-0.4, -0.2) is 49.3 Å². The van der Waals surface area contributed by atoms with Crippen LogP contribution in [0.5, 0.6) is 0 Å². The highest BCUT2D eigenvalue weighted by molar-refractivity contribution is 7.47. The van der Waals surface area contributed by atoms with Gasteiger partial charge in [0.2, 0.25) is 0 Å². The first kappa shape index (κ1) is 51.7. The highest BCUT2D eigenvalue weighted by Crippen LogP contribution is 2.43. The number of esters is 2. The molecule has 0 saturated heterocycles. The Hall–Kier alpha value is -2.43. The molecule has 0 bridgehead atoms. The number of furan rings is 2. The molecule has 12 heteroatoms. The zero-order valence-corrected chi connectivity index (χ0v) is 37.9. The maximum Gasteiger partial charge on any atom is 0.472 e. The van der Waals surface area contributed by atoms with Gasteiger partial charge in [-0.3, -0.25) is 18.6 Å². The predicted octanol–water partition coefficient (Wildman–Crippen LogP) is 11.8. The second-order valence-corrected chi connectivity index (χ2v) is 17.5. The third kappa shape index (κ3) is 23.4. The highest BCUT2D eigenvalue weighted by atomic mass is 31.2. The largest absolute Gasteiger partial charge is 0.472 e. The van der Waals surface area contributed by atoms with Gasteiger partial charge in [0.15, 0.2) is 6.10 Å². The molecular formula is C46H80NO10P. The Morgan fingerprint density at radius 3 is 1.72 bits per heavy atom. The molecule has 2 atom stereocenters. The Morgan fingerprint density at radius 1 is 0.638 bits per heavy atom. The first-order chi connectivity index (χ1) is 28.0. The van der Waals surface area contributed by atoms with Gasteiger partial charge in [0.05, 0.1) is 13.2 Å². The maximum absolute atomic E-state index is 12.7. The lowest BCUT2D eigenvalue weighted by Gasteiger charge is -2.19. The second-order valence-electron chi connectivity index (χ2n) is 16.1. The molecule has 0 aliphatic rings. The summed E-state index contributed by atoms with van der Waals surface area (Å²) in [5, 5.41) is 0. The van der Waals surface area contributed by atoms with Crippen molar-refractivity contribution in [2.24, 2.45) is 5.73 Å². The van der Waals surface area contributed by atoms with E-state index in [4.69, 9.17) is 33.1 Å². The van der Waals surface area contributed by atoms with Crippen molar-refractivity contribution in [1.29, 1.82) is 0 Å². The van der Waals surface area contributed by atoms with E-state index in [9.17, 15) is 19.0 Å². The monoisotopic (exact) mass is 838 g/mol. The van der Waals surface area contributed by atoms with E-state index in [1.54, 1.807) is 0 Å². The van der Waals surface area contributed by atoms with E-state index >= 15 is 0 Å². The van der Waals surface area contributed by atoms with E-state index in [0.717, 1.165) is 107 Å². The summed E-state index contributed by atoms with van der Waals surface area (Å²) < 4.78 is 45.1. The molecule has 0 spiro atoms. The minimum absolute atomic E-state index is 0.0427. The molecular weight excluding hydrogens is 757 g/mol. The molecule has 2 aromatic heterocycles. The van der Waals surface area contributed by atoms with E-state index in [2.05, 4.69) is 40.7 Å².